The van der Waals surface area contributed by atoms with Gasteiger partial charge in [0, 0.05) is 44.4 Å². The van der Waals surface area contributed by atoms with E-state index in [0.29, 0.717) is 0 Å². The number of furan rings is 1. The van der Waals surface area contributed by atoms with E-state index in [9.17, 15) is 0 Å². The van der Waals surface area contributed by atoms with Crippen LogP contribution in [-0.4, -0.2) is 9.55 Å². The van der Waals surface area contributed by atoms with Crippen molar-refractivity contribution in [3.8, 4) is 16.8 Å². The molecule has 10 rings (SSSR count). The number of hydrogen-bond acceptors (Lipinski definition) is 3. The molecule has 0 spiro atoms. The Bertz CT molecular complexity index is 2870. The highest BCUT2D eigenvalue weighted by atomic mass is 16.3. The van der Waals surface area contributed by atoms with Crippen LogP contribution < -0.4 is 4.90 Å². The molecule has 1 aliphatic heterocycles. The Balaban J connectivity index is 1.03. The molecule has 0 aliphatic carbocycles. The molecule has 0 amide bonds. The predicted molar refractivity (Wildman–Crippen MR) is 263 cm³/mol. The van der Waals surface area contributed by atoms with Gasteiger partial charge in [-0.25, -0.2) is 0 Å². The van der Waals surface area contributed by atoms with E-state index in [1.54, 1.807) is 0 Å². The molecule has 0 atom stereocenters. The molecule has 0 N–H and O–H groups in total. The van der Waals surface area contributed by atoms with Crippen LogP contribution in [0.25, 0.3) is 60.6 Å². The van der Waals surface area contributed by atoms with Crippen molar-refractivity contribution in [3.05, 3.63) is 163 Å². The molecule has 9 aromatic rings. The number of para-hydroxylation sites is 4. The van der Waals surface area contributed by atoms with Gasteiger partial charge >= 0.3 is 0 Å². The topological polar surface area (TPSA) is 34.2 Å². The van der Waals surface area contributed by atoms with Crippen LogP contribution in [-0.2, 0) is 5.41 Å². The summed E-state index contributed by atoms with van der Waals surface area (Å²) in [5.41, 5.74) is 14.1. The van der Waals surface area contributed by atoms with Gasteiger partial charge in [0.05, 0.1) is 34.3 Å². The Morgan fingerprint density at radius 3 is 1.61 bits per heavy atom. The van der Waals surface area contributed by atoms with Gasteiger partial charge in [0.15, 0.2) is 0 Å². The molecule has 4 heterocycles. The van der Waals surface area contributed by atoms with Gasteiger partial charge in [-0.15, -0.1) is 0 Å². The van der Waals surface area contributed by atoms with Crippen LogP contribution in [0, 0.1) is 0 Å². The maximum atomic E-state index is 6.48. The summed E-state index contributed by atoms with van der Waals surface area (Å²) in [4.78, 5) is 7.45. The van der Waals surface area contributed by atoms with Gasteiger partial charge in [-0.3, -0.25) is 4.98 Å². The van der Waals surface area contributed by atoms with Crippen LogP contribution in [0.3, 0.4) is 0 Å². The summed E-state index contributed by atoms with van der Waals surface area (Å²) in [5, 5.41) is 4.73. The molecule has 312 valence electrons. The zero-order valence-electron chi connectivity index (χ0n) is 36.6. The number of anilines is 3. The van der Waals surface area contributed by atoms with E-state index in [2.05, 4.69) is 169 Å². The zero-order valence-corrected chi connectivity index (χ0v) is 36.6. The molecule has 62 heavy (non-hydrogen) atoms. The van der Waals surface area contributed by atoms with Gasteiger partial charge in [-0.1, -0.05) is 170 Å². The fraction of sp³-hybridized carbons (Fsp3) is 0.293. The normalized spacial score (nSPS) is 13.4. The third-order valence-corrected chi connectivity index (χ3v) is 13.8. The van der Waals surface area contributed by atoms with Crippen molar-refractivity contribution in [2.75, 3.05) is 4.90 Å². The number of hydrogen-bond donors (Lipinski definition) is 0. The van der Waals surface area contributed by atoms with Crippen LogP contribution in [0.5, 0.6) is 0 Å². The first-order chi connectivity index (χ1) is 30.7. The summed E-state index contributed by atoms with van der Waals surface area (Å²) in [6.45, 7) is 4.62. The van der Waals surface area contributed by atoms with Crippen molar-refractivity contribution < 1.29 is 4.42 Å². The Morgan fingerprint density at radius 2 is 0.984 bits per heavy atom. The van der Waals surface area contributed by atoms with Crippen LogP contribution in [0.4, 0.5) is 17.1 Å². The minimum atomic E-state index is -0.0182. The van der Waals surface area contributed by atoms with Crippen molar-refractivity contribution in [1.29, 1.82) is 0 Å². The molecule has 0 radical (unpaired) electrons. The molecule has 1 aliphatic rings. The van der Waals surface area contributed by atoms with Crippen molar-refractivity contribution in [2.24, 2.45) is 0 Å². The lowest BCUT2D eigenvalue weighted by Crippen LogP contribution is -2.35. The number of nitrogens with zero attached hydrogens (tertiary/aromatic N) is 3. The minimum absolute atomic E-state index is 0.0182. The lowest BCUT2D eigenvalue weighted by molar-refractivity contribution is 0.388. The molecule has 0 fully saturated rings. The van der Waals surface area contributed by atoms with Crippen LogP contribution >= 0.6 is 0 Å². The van der Waals surface area contributed by atoms with Gasteiger partial charge < -0.3 is 13.9 Å². The summed E-state index contributed by atoms with van der Waals surface area (Å²) >= 11 is 0. The first-order valence-electron chi connectivity index (χ1n) is 23.6. The van der Waals surface area contributed by atoms with Crippen LogP contribution in [0.1, 0.15) is 115 Å². The molecule has 0 unspecified atom stereocenters. The Morgan fingerprint density at radius 1 is 0.452 bits per heavy atom. The number of aromatic nitrogens is 2. The Hall–Kier alpha value is -6.13. The van der Waals surface area contributed by atoms with E-state index in [0.717, 1.165) is 44.4 Å². The molecule has 4 heteroatoms. The summed E-state index contributed by atoms with van der Waals surface area (Å²) in [6, 6.07) is 51.5. The van der Waals surface area contributed by atoms with Crippen molar-refractivity contribution in [2.45, 2.75) is 109 Å². The number of pyridine rings is 1. The average molecular weight is 814 g/mol. The largest absolute Gasteiger partial charge is 0.456 e. The molecular formula is C58H59N3O. The molecule has 4 nitrogen and oxygen atoms in total. The lowest BCUT2D eigenvalue weighted by atomic mass is 9.65. The number of benzene rings is 6. The standard InChI is InChI=1S/C58H59N3O/c1-3-5-7-9-11-21-35-58(36-22-12-10-8-6-4-2)50-25-15-19-29-54(50)61(55-30-20-16-26-51(55)58)45-37-43(40-59-41-45)42-31-33-56-48(38-42)49-39-44(32-34-57(49)62-56)60-52-27-17-13-23-46(52)47-24-14-18-28-53(47)60/h13-20,23-34,37-41H,3-12,21-22,35-36H2,1-2H3. The molecule has 0 bridgehead atoms. The smallest absolute Gasteiger partial charge is 0.135 e. The van der Waals surface area contributed by atoms with Crippen LogP contribution in [0.2, 0.25) is 0 Å². The predicted octanol–water partition coefficient (Wildman–Crippen LogP) is 17.3. The fourth-order valence-corrected chi connectivity index (χ4v) is 10.8. The van der Waals surface area contributed by atoms with Gasteiger partial charge in [-0.05, 0) is 90.2 Å². The van der Waals surface area contributed by atoms with E-state index in [1.807, 2.05) is 6.20 Å². The Labute approximate surface area is 367 Å². The fourth-order valence-electron chi connectivity index (χ4n) is 10.8. The quantitative estimate of drug-likeness (QED) is 0.0859. The zero-order chi connectivity index (χ0) is 41.9. The monoisotopic (exact) mass is 813 g/mol. The highest BCUT2D eigenvalue weighted by Gasteiger charge is 2.42. The maximum absolute atomic E-state index is 6.48. The summed E-state index contributed by atoms with van der Waals surface area (Å²) in [7, 11) is 0. The van der Waals surface area contributed by atoms with Gasteiger partial charge in [0.2, 0.25) is 0 Å². The van der Waals surface area contributed by atoms with Gasteiger partial charge in [0.25, 0.3) is 0 Å². The van der Waals surface area contributed by atoms with E-state index < -0.39 is 0 Å². The summed E-state index contributed by atoms with van der Waals surface area (Å²) < 4.78 is 8.86. The second-order valence-corrected chi connectivity index (χ2v) is 17.8. The lowest BCUT2D eigenvalue weighted by Gasteiger charge is -2.46. The Kier molecular flexibility index (Phi) is 11.4. The van der Waals surface area contributed by atoms with Gasteiger partial charge in [0.1, 0.15) is 11.2 Å². The van der Waals surface area contributed by atoms with Crippen molar-refractivity contribution in [1.82, 2.24) is 9.55 Å². The average Bonchev–Trinajstić information content (AvgIpc) is 3.86. The SMILES string of the molecule is CCCCCCCCC1(CCCCCCCC)c2ccccc2N(c2cncc(-c3ccc4oc5ccc(-n6c7ccccc7c7ccccc76)cc5c4c3)c2)c2ccccc21. The van der Waals surface area contributed by atoms with Crippen LogP contribution in [0.15, 0.2) is 156 Å². The summed E-state index contributed by atoms with van der Waals surface area (Å²) in [6.07, 6.45) is 22.2. The second-order valence-electron chi connectivity index (χ2n) is 17.8. The number of rotatable bonds is 17. The van der Waals surface area contributed by atoms with Crippen molar-refractivity contribution >= 4 is 60.8 Å². The first kappa shape index (κ1) is 40.0. The van der Waals surface area contributed by atoms with E-state index >= 15 is 0 Å². The van der Waals surface area contributed by atoms with Crippen molar-refractivity contribution in [3.63, 3.8) is 0 Å². The number of unbranched alkanes of at least 4 members (excludes halogenated alkanes) is 10. The molecule has 0 saturated heterocycles. The van der Waals surface area contributed by atoms with Gasteiger partial charge in [-0.2, -0.15) is 0 Å². The van der Waals surface area contributed by atoms with E-state index in [-0.39, 0.29) is 5.41 Å². The minimum Gasteiger partial charge on any atom is -0.456 e. The maximum Gasteiger partial charge on any atom is 0.135 e. The van der Waals surface area contributed by atoms with E-state index in [4.69, 9.17) is 9.40 Å². The molecular weight excluding hydrogens is 755 g/mol. The molecule has 6 aromatic carbocycles. The second kappa shape index (κ2) is 17.7. The first-order valence-corrected chi connectivity index (χ1v) is 23.6. The van der Waals surface area contributed by atoms with E-state index in [1.165, 1.54) is 134 Å². The third kappa shape index (κ3) is 7.27. The molecule has 0 saturated carbocycles. The summed E-state index contributed by atoms with van der Waals surface area (Å²) in [5.74, 6) is 0. The third-order valence-electron chi connectivity index (χ3n) is 13.8. The molecule has 3 aromatic heterocycles. The number of fused-ring (bicyclic) bond motifs is 8. The highest BCUT2D eigenvalue weighted by molar-refractivity contribution is 6.11. The highest BCUT2D eigenvalue weighted by Crippen LogP contribution is 2.56.